The molecule has 0 fully saturated rings. The molecule has 2 N–H and O–H groups in total. The molecule has 1 aromatic rings. The first-order chi connectivity index (χ1) is 7.89. The Labute approximate surface area is 107 Å². The zero-order valence-electron chi connectivity index (χ0n) is 10.9. The molecule has 0 aliphatic heterocycles. The number of thiophene rings is 1. The summed E-state index contributed by atoms with van der Waals surface area (Å²) >= 11 is 1.59. The van der Waals surface area contributed by atoms with Crippen molar-refractivity contribution in [2.45, 2.75) is 39.2 Å². The van der Waals surface area contributed by atoms with Crippen molar-refractivity contribution in [3.8, 4) is 0 Å². The SMILES string of the molecule is CC(CO)C(C)NC(=O)C(C)(C)c1cccs1. The number of carbonyl (C=O) groups is 1. The molecule has 2 unspecified atom stereocenters. The van der Waals surface area contributed by atoms with Gasteiger partial charge in [-0.25, -0.2) is 0 Å². The van der Waals surface area contributed by atoms with Crippen LogP contribution in [0, 0.1) is 5.92 Å². The lowest BCUT2D eigenvalue weighted by Crippen LogP contribution is -2.46. The van der Waals surface area contributed by atoms with E-state index in [-0.39, 0.29) is 24.5 Å². The lowest BCUT2D eigenvalue weighted by atomic mass is 9.89. The first-order valence-electron chi connectivity index (χ1n) is 5.85. The summed E-state index contributed by atoms with van der Waals surface area (Å²) in [5.41, 5.74) is -0.516. The predicted octanol–water partition coefficient (Wildman–Crippen LogP) is 2.16. The van der Waals surface area contributed by atoms with Gasteiger partial charge < -0.3 is 10.4 Å². The fourth-order valence-electron chi connectivity index (χ4n) is 1.43. The summed E-state index contributed by atoms with van der Waals surface area (Å²) in [6, 6.07) is 3.91. The van der Waals surface area contributed by atoms with Crippen LogP contribution in [-0.4, -0.2) is 23.7 Å². The van der Waals surface area contributed by atoms with Gasteiger partial charge in [0.25, 0.3) is 0 Å². The van der Waals surface area contributed by atoms with E-state index in [0.29, 0.717) is 0 Å². The van der Waals surface area contributed by atoms with Gasteiger partial charge in [0.2, 0.25) is 5.91 Å². The van der Waals surface area contributed by atoms with Gasteiger partial charge >= 0.3 is 0 Å². The standard InChI is InChI=1S/C13H21NO2S/c1-9(8-15)10(2)14-12(16)13(3,4)11-6-5-7-17-11/h5-7,9-10,15H,8H2,1-4H3,(H,14,16). The minimum Gasteiger partial charge on any atom is -0.396 e. The molecular formula is C13H21NO2S. The first kappa shape index (κ1) is 14.2. The molecule has 0 bridgehead atoms. The van der Waals surface area contributed by atoms with Crippen molar-refractivity contribution in [3.63, 3.8) is 0 Å². The number of aliphatic hydroxyl groups excluding tert-OH is 1. The molecule has 17 heavy (non-hydrogen) atoms. The predicted molar refractivity (Wildman–Crippen MR) is 71.2 cm³/mol. The Balaban J connectivity index is 2.70. The van der Waals surface area contributed by atoms with Crippen LogP contribution in [0.15, 0.2) is 17.5 Å². The van der Waals surface area contributed by atoms with Crippen LogP contribution in [-0.2, 0) is 10.2 Å². The molecule has 0 radical (unpaired) electrons. The van der Waals surface area contributed by atoms with E-state index in [1.165, 1.54) is 0 Å². The average Bonchev–Trinajstić information content (AvgIpc) is 2.81. The normalized spacial score (nSPS) is 15.4. The molecule has 2 atom stereocenters. The van der Waals surface area contributed by atoms with Crippen molar-refractivity contribution < 1.29 is 9.90 Å². The minimum atomic E-state index is -0.516. The first-order valence-corrected chi connectivity index (χ1v) is 6.73. The quantitative estimate of drug-likeness (QED) is 0.847. The van der Waals surface area contributed by atoms with E-state index in [1.54, 1.807) is 11.3 Å². The maximum atomic E-state index is 12.2. The Kier molecular flexibility index (Phi) is 4.71. The molecule has 3 nitrogen and oxygen atoms in total. The molecular weight excluding hydrogens is 234 g/mol. The van der Waals surface area contributed by atoms with Crippen molar-refractivity contribution in [1.82, 2.24) is 5.32 Å². The summed E-state index contributed by atoms with van der Waals surface area (Å²) in [4.78, 5) is 13.3. The lowest BCUT2D eigenvalue weighted by Gasteiger charge is -2.27. The fourth-order valence-corrected chi connectivity index (χ4v) is 2.28. The third-order valence-electron chi connectivity index (χ3n) is 3.21. The highest BCUT2D eigenvalue weighted by molar-refractivity contribution is 7.10. The van der Waals surface area contributed by atoms with Crippen LogP contribution in [0.25, 0.3) is 0 Å². The molecule has 0 aromatic carbocycles. The van der Waals surface area contributed by atoms with Gasteiger partial charge in [0.05, 0.1) is 5.41 Å². The van der Waals surface area contributed by atoms with Crippen molar-refractivity contribution in [2.24, 2.45) is 5.92 Å². The van der Waals surface area contributed by atoms with Gasteiger partial charge in [-0.05, 0) is 38.1 Å². The van der Waals surface area contributed by atoms with Crippen molar-refractivity contribution in [1.29, 1.82) is 0 Å². The summed E-state index contributed by atoms with van der Waals surface area (Å²) in [5.74, 6) is 0.0748. The van der Waals surface area contributed by atoms with Crippen LogP contribution in [0.5, 0.6) is 0 Å². The zero-order chi connectivity index (χ0) is 13.1. The number of nitrogens with one attached hydrogen (secondary N) is 1. The fraction of sp³-hybridized carbons (Fsp3) is 0.615. The number of aliphatic hydroxyl groups is 1. The largest absolute Gasteiger partial charge is 0.396 e. The van der Waals surface area contributed by atoms with Crippen molar-refractivity contribution in [2.75, 3.05) is 6.61 Å². The van der Waals surface area contributed by atoms with E-state index in [9.17, 15) is 4.79 Å². The molecule has 0 spiro atoms. The molecule has 1 heterocycles. The van der Waals surface area contributed by atoms with Crippen LogP contribution in [0.3, 0.4) is 0 Å². The second-order valence-electron chi connectivity index (χ2n) is 5.02. The second-order valence-corrected chi connectivity index (χ2v) is 5.97. The Morgan fingerprint density at radius 2 is 2.18 bits per heavy atom. The third-order valence-corrected chi connectivity index (χ3v) is 4.40. The Hall–Kier alpha value is -0.870. The monoisotopic (exact) mass is 255 g/mol. The minimum absolute atomic E-state index is 0.00718. The number of carbonyl (C=O) groups excluding carboxylic acids is 1. The van der Waals surface area contributed by atoms with Gasteiger partial charge in [0, 0.05) is 17.5 Å². The second kappa shape index (κ2) is 5.65. The van der Waals surface area contributed by atoms with Gasteiger partial charge in [-0.1, -0.05) is 13.0 Å². The van der Waals surface area contributed by atoms with Crippen LogP contribution >= 0.6 is 11.3 Å². The van der Waals surface area contributed by atoms with E-state index < -0.39 is 5.41 Å². The summed E-state index contributed by atoms with van der Waals surface area (Å²) in [5, 5.41) is 14.0. The molecule has 0 saturated carbocycles. The zero-order valence-corrected chi connectivity index (χ0v) is 11.7. The molecule has 1 amide bonds. The average molecular weight is 255 g/mol. The molecule has 0 saturated heterocycles. The van der Waals surface area contributed by atoms with Crippen LogP contribution in [0.1, 0.15) is 32.6 Å². The van der Waals surface area contributed by atoms with Crippen LogP contribution < -0.4 is 5.32 Å². The van der Waals surface area contributed by atoms with E-state index >= 15 is 0 Å². The summed E-state index contributed by atoms with van der Waals surface area (Å²) in [6.07, 6.45) is 0. The summed E-state index contributed by atoms with van der Waals surface area (Å²) in [6.45, 7) is 7.77. The highest BCUT2D eigenvalue weighted by Crippen LogP contribution is 2.27. The van der Waals surface area contributed by atoms with Crippen molar-refractivity contribution in [3.05, 3.63) is 22.4 Å². The van der Waals surface area contributed by atoms with Gasteiger partial charge in [-0.2, -0.15) is 0 Å². The van der Waals surface area contributed by atoms with E-state index in [1.807, 2.05) is 45.2 Å². The van der Waals surface area contributed by atoms with Crippen molar-refractivity contribution >= 4 is 17.2 Å². The lowest BCUT2D eigenvalue weighted by molar-refractivity contribution is -0.126. The van der Waals surface area contributed by atoms with E-state index in [2.05, 4.69) is 5.32 Å². The van der Waals surface area contributed by atoms with E-state index in [0.717, 1.165) is 4.88 Å². The maximum Gasteiger partial charge on any atom is 0.231 e. The number of hydrogen-bond donors (Lipinski definition) is 2. The highest BCUT2D eigenvalue weighted by Gasteiger charge is 2.32. The smallest absolute Gasteiger partial charge is 0.231 e. The Morgan fingerprint density at radius 3 is 2.65 bits per heavy atom. The topological polar surface area (TPSA) is 49.3 Å². The molecule has 4 heteroatoms. The van der Waals surface area contributed by atoms with Gasteiger partial charge in [0.1, 0.15) is 0 Å². The summed E-state index contributed by atoms with van der Waals surface area (Å²) < 4.78 is 0. The van der Waals surface area contributed by atoms with Gasteiger partial charge in [-0.3, -0.25) is 4.79 Å². The molecule has 1 aromatic heterocycles. The van der Waals surface area contributed by atoms with Crippen LogP contribution in [0.2, 0.25) is 0 Å². The Morgan fingerprint density at radius 1 is 1.53 bits per heavy atom. The van der Waals surface area contributed by atoms with Crippen LogP contribution in [0.4, 0.5) is 0 Å². The Bertz CT molecular complexity index is 360. The molecule has 0 aliphatic rings. The van der Waals surface area contributed by atoms with Gasteiger partial charge in [-0.15, -0.1) is 11.3 Å². The highest BCUT2D eigenvalue weighted by atomic mass is 32.1. The number of rotatable bonds is 5. The molecule has 1 rings (SSSR count). The summed E-state index contributed by atoms with van der Waals surface area (Å²) in [7, 11) is 0. The van der Waals surface area contributed by atoms with Gasteiger partial charge in [0.15, 0.2) is 0 Å². The number of amides is 1. The third kappa shape index (κ3) is 3.30. The molecule has 96 valence electrons. The van der Waals surface area contributed by atoms with E-state index in [4.69, 9.17) is 5.11 Å². The molecule has 0 aliphatic carbocycles. The maximum absolute atomic E-state index is 12.2. The number of hydrogen-bond acceptors (Lipinski definition) is 3.